The van der Waals surface area contributed by atoms with E-state index in [2.05, 4.69) is 0 Å². The molecule has 0 amide bonds. The maximum atomic E-state index is 13.3. The third kappa shape index (κ3) is 2.87. The lowest BCUT2D eigenvalue weighted by Crippen LogP contribution is -2.45. The molecule has 0 aliphatic carbocycles. The van der Waals surface area contributed by atoms with Gasteiger partial charge in [0.25, 0.3) is 0 Å². The molecule has 1 aromatic carbocycles. The average molecular weight is 301 g/mol. The zero-order chi connectivity index (χ0) is 15.1. The zero-order valence-electron chi connectivity index (χ0n) is 12.0. The topological polar surface area (TPSA) is 57.6 Å². The van der Waals surface area contributed by atoms with Gasteiger partial charge in [-0.3, -0.25) is 0 Å². The standard InChI is InChI=1S/C14H20FNO3S/c1-10-8-12(15)9-11(2)13(10)20(18,19)16-6-4-14(3,17)5-7-16/h8-9,17H,4-7H2,1-3H3. The quantitative estimate of drug-likeness (QED) is 0.908. The van der Waals surface area contributed by atoms with Crippen molar-refractivity contribution in [1.29, 1.82) is 0 Å². The summed E-state index contributed by atoms with van der Waals surface area (Å²) in [5.41, 5.74) is 0.0264. The summed E-state index contributed by atoms with van der Waals surface area (Å²) < 4.78 is 40.0. The van der Waals surface area contributed by atoms with Gasteiger partial charge in [0.1, 0.15) is 5.82 Å². The van der Waals surface area contributed by atoms with Crippen molar-refractivity contribution in [1.82, 2.24) is 4.31 Å². The first-order valence-corrected chi connectivity index (χ1v) is 8.07. The second-order valence-electron chi connectivity index (χ2n) is 5.77. The van der Waals surface area contributed by atoms with Crippen LogP contribution in [-0.4, -0.2) is 36.5 Å². The molecule has 1 aliphatic heterocycles. The Bertz CT molecular complexity index is 592. The Hall–Kier alpha value is -0.980. The highest BCUT2D eigenvalue weighted by Crippen LogP contribution is 2.29. The summed E-state index contributed by atoms with van der Waals surface area (Å²) in [4.78, 5) is 0.181. The van der Waals surface area contributed by atoms with Crippen molar-refractivity contribution in [3.8, 4) is 0 Å². The number of rotatable bonds is 2. The minimum absolute atomic E-state index is 0.181. The molecule has 4 nitrogen and oxygen atoms in total. The zero-order valence-corrected chi connectivity index (χ0v) is 12.8. The highest BCUT2D eigenvalue weighted by atomic mass is 32.2. The lowest BCUT2D eigenvalue weighted by molar-refractivity contribution is 0.0126. The first-order chi connectivity index (χ1) is 9.13. The lowest BCUT2D eigenvalue weighted by atomic mass is 9.95. The van der Waals surface area contributed by atoms with E-state index in [1.165, 1.54) is 16.4 Å². The maximum absolute atomic E-state index is 13.3. The highest BCUT2D eigenvalue weighted by Gasteiger charge is 2.35. The van der Waals surface area contributed by atoms with Crippen LogP contribution >= 0.6 is 0 Å². The fraction of sp³-hybridized carbons (Fsp3) is 0.571. The molecule has 0 radical (unpaired) electrons. The first-order valence-electron chi connectivity index (χ1n) is 6.63. The molecule has 1 aliphatic rings. The summed E-state index contributed by atoms with van der Waals surface area (Å²) in [7, 11) is -3.63. The second-order valence-corrected chi connectivity index (χ2v) is 7.64. The molecule has 0 bridgehead atoms. The summed E-state index contributed by atoms with van der Waals surface area (Å²) in [6, 6.07) is 2.47. The number of aliphatic hydroxyl groups is 1. The van der Waals surface area contributed by atoms with Gasteiger partial charge in [0.15, 0.2) is 0 Å². The average Bonchev–Trinajstić information content (AvgIpc) is 2.26. The Morgan fingerprint density at radius 3 is 2.10 bits per heavy atom. The van der Waals surface area contributed by atoms with Crippen molar-refractivity contribution in [2.24, 2.45) is 0 Å². The molecule has 0 aromatic heterocycles. The molecule has 1 heterocycles. The number of sulfonamides is 1. The van der Waals surface area contributed by atoms with Gasteiger partial charge >= 0.3 is 0 Å². The van der Waals surface area contributed by atoms with E-state index in [-0.39, 0.29) is 18.0 Å². The van der Waals surface area contributed by atoms with Gasteiger partial charge in [0, 0.05) is 13.1 Å². The predicted molar refractivity (Wildman–Crippen MR) is 74.5 cm³/mol. The van der Waals surface area contributed by atoms with Crippen LogP contribution in [0.15, 0.2) is 17.0 Å². The van der Waals surface area contributed by atoms with Gasteiger partial charge in [-0.25, -0.2) is 12.8 Å². The smallest absolute Gasteiger partial charge is 0.243 e. The lowest BCUT2D eigenvalue weighted by Gasteiger charge is -2.35. The summed E-state index contributed by atoms with van der Waals surface area (Å²) in [6.07, 6.45) is 0.817. The number of piperidine rings is 1. The molecule has 0 spiro atoms. The first kappa shape index (κ1) is 15.4. The van der Waals surface area contributed by atoms with Crippen LogP contribution in [0.3, 0.4) is 0 Å². The molecule has 112 valence electrons. The molecule has 6 heteroatoms. The molecule has 20 heavy (non-hydrogen) atoms. The van der Waals surface area contributed by atoms with Gasteiger partial charge in [-0.15, -0.1) is 0 Å². The molecule has 2 rings (SSSR count). The largest absolute Gasteiger partial charge is 0.390 e. The Labute approximate surface area is 119 Å². The van der Waals surface area contributed by atoms with Crippen LogP contribution in [0.4, 0.5) is 4.39 Å². The summed E-state index contributed by atoms with van der Waals surface area (Å²) in [5, 5.41) is 9.90. The number of aryl methyl sites for hydroxylation is 2. The molecule has 0 atom stereocenters. The van der Waals surface area contributed by atoms with Crippen molar-refractivity contribution >= 4 is 10.0 Å². The molecule has 1 saturated heterocycles. The van der Waals surface area contributed by atoms with Crippen LogP contribution in [0.5, 0.6) is 0 Å². The molecule has 0 unspecified atom stereocenters. The summed E-state index contributed by atoms with van der Waals surface area (Å²) >= 11 is 0. The number of halogens is 1. The third-order valence-electron chi connectivity index (χ3n) is 3.82. The van der Waals surface area contributed by atoms with Crippen LogP contribution < -0.4 is 0 Å². The van der Waals surface area contributed by atoms with Gasteiger partial charge in [-0.1, -0.05) is 0 Å². The van der Waals surface area contributed by atoms with E-state index in [9.17, 15) is 17.9 Å². The van der Waals surface area contributed by atoms with Crippen molar-refractivity contribution in [3.05, 3.63) is 29.1 Å². The van der Waals surface area contributed by atoms with E-state index in [1.54, 1.807) is 20.8 Å². The maximum Gasteiger partial charge on any atom is 0.243 e. The Kier molecular flexibility index (Phi) is 3.92. The van der Waals surface area contributed by atoms with E-state index in [0.717, 1.165) is 0 Å². The van der Waals surface area contributed by atoms with Crippen molar-refractivity contribution in [2.45, 2.75) is 44.1 Å². The van der Waals surface area contributed by atoms with Gasteiger partial charge in [0.2, 0.25) is 10.0 Å². The van der Waals surface area contributed by atoms with Crippen LogP contribution in [0, 0.1) is 19.7 Å². The Morgan fingerprint density at radius 2 is 1.65 bits per heavy atom. The SMILES string of the molecule is Cc1cc(F)cc(C)c1S(=O)(=O)N1CCC(C)(O)CC1. The van der Waals surface area contributed by atoms with Crippen molar-refractivity contribution in [2.75, 3.05) is 13.1 Å². The molecule has 0 saturated carbocycles. The Balaban J connectivity index is 2.37. The molecular weight excluding hydrogens is 281 g/mol. The van der Waals surface area contributed by atoms with E-state index >= 15 is 0 Å². The summed E-state index contributed by atoms with van der Waals surface area (Å²) in [5.74, 6) is -0.430. The molecule has 1 N–H and O–H groups in total. The van der Waals surface area contributed by atoms with Crippen LogP contribution in [0.25, 0.3) is 0 Å². The minimum Gasteiger partial charge on any atom is -0.390 e. The van der Waals surface area contributed by atoms with E-state index in [1.807, 2.05) is 0 Å². The van der Waals surface area contributed by atoms with Crippen molar-refractivity contribution < 1.29 is 17.9 Å². The monoisotopic (exact) mass is 301 g/mol. The number of benzene rings is 1. The van der Waals surface area contributed by atoms with E-state index < -0.39 is 21.4 Å². The second kappa shape index (κ2) is 5.09. The fourth-order valence-electron chi connectivity index (χ4n) is 2.64. The number of nitrogens with zero attached hydrogens (tertiary/aromatic N) is 1. The third-order valence-corrected chi connectivity index (χ3v) is 6.03. The van der Waals surface area contributed by atoms with Crippen LogP contribution in [-0.2, 0) is 10.0 Å². The predicted octanol–water partition coefficient (Wildman–Crippen LogP) is 1.98. The molecular formula is C14H20FNO3S. The van der Waals surface area contributed by atoms with E-state index in [4.69, 9.17) is 0 Å². The normalized spacial score (nSPS) is 20.1. The minimum atomic E-state index is -3.63. The Morgan fingerprint density at radius 1 is 1.20 bits per heavy atom. The van der Waals surface area contributed by atoms with Gasteiger partial charge in [-0.2, -0.15) is 4.31 Å². The van der Waals surface area contributed by atoms with Crippen LogP contribution in [0.2, 0.25) is 0 Å². The fourth-order valence-corrected chi connectivity index (χ4v) is 4.49. The number of hydrogen-bond donors (Lipinski definition) is 1. The summed E-state index contributed by atoms with van der Waals surface area (Å²) in [6.45, 7) is 5.48. The van der Waals surface area contributed by atoms with Gasteiger partial charge in [0.05, 0.1) is 10.5 Å². The molecule has 1 aromatic rings. The van der Waals surface area contributed by atoms with Gasteiger partial charge in [-0.05, 0) is 56.9 Å². The van der Waals surface area contributed by atoms with E-state index in [0.29, 0.717) is 24.0 Å². The highest BCUT2D eigenvalue weighted by molar-refractivity contribution is 7.89. The van der Waals surface area contributed by atoms with Gasteiger partial charge < -0.3 is 5.11 Å². The van der Waals surface area contributed by atoms with Crippen molar-refractivity contribution in [3.63, 3.8) is 0 Å². The van der Waals surface area contributed by atoms with Crippen LogP contribution in [0.1, 0.15) is 30.9 Å². The molecule has 1 fully saturated rings. The number of hydrogen-bond acceptors (Lipinski definition) is 3.